The Morgan fingerprint density at radius 2 is 1.66 bits per heavy atom. The lowest BCUT2D eigenvalue weighted by Gasteiger charge is -2.10. The van der Waals surface area contributed by atoms with Crippen molar-refractivity contribution in [3.63, 3.8) is 0 Å². The first-order chi connectivity index (χ1) is 18.0. The minimum atomic E-state index is -3.67. The number of aromatic nitrogens is 2. The topological polar surface area (TPSA) is 134 Å². The van der Waals surface area contributed by atoms with Gasteiger partial charge in [-0.25, -0.2) is 0 Å². The number of fused-ring (bicyclic) bond motifs is 2. The molecule has 2 amide bonds. The normalized spacial score (nSPS) is 13.8. The van der Waals surface area contributed by atoms with Gasteiger partial charge in [0.25, 0.3) is 21.9 Å². The van der Waals surface area contributed by atoms with E-state index >= 15 is 0 Å². The number of aryl methyl sites for hydroxylation is 1. The van der Waals surface area contributed by atoms with Gasteiger partial charge < -0.3 is 19.2 Å². The summed E-state index contributed by atoms with van der Waals surface area (Å²) in [6.07, 6.45) is 5.46. The quantitative estimate of drug-likeness (QED) is 0.243. The van der Waals surface area contributed by atoms with Gasteiger partial charge in [-0.15, -0.1) is 0 Å². The molecule has 0 spiro atoms. The van der Waals surface area contributed by atoms with E-state index < -0.39 is 10.1 Å². The molecule has 0 aliphatic carbocycles. The Morgan fingerprint density at radius 3 is 2.32 bits per heavy atom. The number of hydrogen-bond acceptors (Lipinski definition) is 6. The molecule has 2 aromatic heterocycles. The Balaban J connectivity index is 0.000000617. The van der Waals surface area contributed by atoms with Crippen molar-refractivity contribution in [1.29, 1.82) is 0 Å². The van der Waals surface area contributed by atoms with E-state index in [1.807, 2.05) is 48.7 Å². The van der Waals surface area contributed by atoms with Crippen LogP contribution in [0.1, 0.15) is 17.5 Å². The van der Waals surface area contributed by atoms with Gasteiger partial charge in [-0.05, 0) is 51.3 Å². The smallest absolute Gasteiger partial charge is 0.261 e. The summed E-state index contributed by atoms with van der Waals surface area (Å²) in [5.41, 5.74) is 4.17. The Labute approximate surface area is 220 Å². The van der Waals surface area contributed by atoms with Crippen LogP contribution >= 0.6 is 0 Å². The number of carbonyl (C=O) groups is 2. The van der Waals surface area contributed by atoms with Gasteiger partial charge in [0.2, 0.25) is 0 Å². The standard InChI is InChI=1S/C26H26N4O3.CH4O3S/c1-29(2)11-6-12-30-15-20(18-13-16(33-3)9-10-22(18)30)24-23(25(31)28-26(24)32)19-14-27-21-8-5-4-7-17(19)21;1-5(2,3)4/h4-5,7-10,13-15,27H,6,11-12H2,1-3H3,(H,28,31,32);1H3,(H,2,3,4). The molecule has 0 radical (unpaired) electrons. The second kappa shape index (κ2) is 10.8. The molecule has 3 heterocycles. The van der Waals surface area contributed by atoms with Crippen molar-refractivity contribution in [3.05, 3.63) is 66.0 Å². The zero-order valence-electron chi connectivity index (χ0n) is 21.6. The van der Waals surface area contributed by atoms with Crippen molar-refractivity contribution in [2.75, 3.05) is 34.0 Å². The highest BCUT2D eigenvalue weighted by molar-refractivity contribution is 7.85. The van der Waals surface area contributed by atoms with E-state index in [-0.39, 0.29) is 11.8 Å². The molecule has 200 valence electrons. The highest BCUT2D eigenvalue weighted by atomic mass is 32.2. The van der Waals surface area contributed by atoms with Crippen LogP contribution in [0.3, 0.4) is 0 Å². The molecular weight excluding hydrogens is 508 g/mol. The van der Waals surface area contributed by atoms with Gasteiger partial charge in [0.15, 0.2) is 0 Å². The molecule has 38 heavy (non-hydrogen) atoms. The predicted molar refractivity (Wildman–Crippen MR) is 147 cm³/mol. The summed E-state index contributed by atoms with van der Waals surface area (Å²) in [7, 11) is 2.06. The van der Waals surface area contributed by atoms with E-state index in [0.29, 0.717) is 23.2 Å². The Morgan fingerprint density at radius 1 is 1.00 bits per heavy atom. The van der Waals surface area contributed by atoms with Gasteiger partial charge in [-0.1, -0.05) is 18.2 Å². The summed E-state index contributed by atoms with van der Waals surface area (Å²) in [5.74, 6) is -0.0552. The number of hydrogen-bond donors (Lipinski definition) is 3. The number of aromatic amines is 1. The zero-order chi connectivity index (χ0) is 27.6. The number of nitrogens with one attached hydrogen (secondary N) is 2. The van der Waals surface area contributed by atoms with Crippen molar-refractivity contribution >= 4 is 54.9 Å². The predicted octanol–water partition coefficient (Wildman–Crippen LogP) is 3.15. The van der Waals surface area contributed by atoms with Gasteiger partial charge in [0.1, 0.15) is 5.75 Å². The fraction of sp³-hybridized carbons (Fsp3) is 0.259. The van der Waals surface area contributed by atoms with E-state index in [0.717, 1.165) is 52.4 Å². The second-order valence-electron chi connectivity index (χ2n) is 9.29. The first-order valence-electron chi connectivity index (χ1n) is 11.9. The minimum Gasteiger partial charge on any atom is -0.497 e. The highest BCUT2D eigenvalue weighted by Crippen LogP contribution is 2.39. The molecule has 1 aliphatic rings. The second-order valence-corrected chi connectivity index (χ2v) is 10.8. The number of methoxy groups -OCH3 is 1. The van der Waals surface area contributed by atoms with E-state index in [2.05, 4.69) is 33.9 Å². The van der Waals surface area contributed by atoms with Crippen molar-refractivity contribution < 1.29 is 27.3 Å². The number of rotatable bonds is 7. The Hall–Kier alpha value is -3.93. The molecule has 0 bridgehead atoms. The molecule has 0 atom stereocenters. The van der Waals surface area contributed by atoms with E-state index in [4.69, 9.17) is 9.29 Å². The summed E-state index contributed by atoms with van der Waals surface area (Å²) in [6, 6.07) is 13.6. The van der Waals surface area contributed by atoms with Gasteiger partial charge in [-0.2, -0.15) is 8.42 Å². The number of ether oxygens (including phenoxy) is 1. The third kappa shape index (κ3) is 5.80. The average molecular weight is 539 g/mol. The van der Waals surface area contributed by atoms with Gasteiger partial charge in [-0.3, -0.25) is 19.5 Å². The molecule has 1 aliphatic heterocycles. The molecule has 0 saturated heterocycles. The maximum atomic E-state index is 13.1. The largest absolute Gasteiger partial charge is 0.497 e. The highest BCUT2D eigenvalue weighted by Gasteiger charge is 2.35. The Kier molecular flexibility index (Phi) is 7.72. The molecule has 0 unspecified atom stereocenters. The molecule has 10 nitrogen and oxygen atoms in total. The van der Waals surface area contributed by atoms with E-state index in [1.165, 1.54) is 0 Å². The summed E-state index contributed by atoms with van der Waals surface area (Å²) < 4.78 is 33.5. The van der Waals surface area contributed by atoms with Crippen LogP contribution in [0.25, 0.3) is 33.0 Å². The third-order valence-electron chi connectivity index (χ3n) is 6.15. The maximum absolute atomic E-state index is 13.1. The van der Waals surface area contributed by atoms with Crippen molar-refractivity contribution in [1.82, 2.24) is 19.8 Å². The molecule has 5 rings (SSSR count). The molecule has 2 aromatic carbocycles. The summed E-state index contributed by atoms with van der Waals surface area (Å²) in [5, 5.41) is 4.31. The Bertz CT molecular complexity index is 1660. The minimum absolute atomic E-state index is 0.379. The lowest BCUT2D eigenvalue weighted by molar-refractivity contribution is -0.122. The molecule has 11 heteroatoms. The van der Waals surface area contributed by atoms with E-state index in [9.17, 15) is 18.0 Å². The van der Waals surface area contributed by atoms with Crippen LogP contribution in [-0.4, -0.2) is 73.2 Å². The SMILES string of the molecule is COc1ccc2c(c1)c(C1=C(c3c[nH]c4ccccc34)C(=O)NC1=O)cn2CCCN(C)C.CS(=O)(=O)O. The maximum Gasteiger partial charge on any atom is 0.261 e. The number of carbonyl (C=O) groups excluding carboxylic acids is 2. The number of imide groups is 1. The monoisotopic (exact) mass is 538 g/mol. The fourth-order valence-corrected chi connectivity index (χ4v) is 4.59. The summed E-state index contributed by atoms with van der Waals surface area (Å²) in [6.45, 7) is 1.75. The average Bonchev–Trinajstić information content (AvgIpc) is 3.50. The number of amides is 2. The van der Waals surface area contributed by atoms with Crippen molar-refractivity contribution in [2.45, 2.75) is 13.0 Å². The summed E-state index contributed by atoms with van der Waals surface area (Å²) >= 11 is 0. The third-order valence-corrected chi connectivity index (χ3v) is 6.15. The van der Waals surface area contributed by atoms with Crippen LogP contribution in [0.5, 0.6) is 5.75 Å². The fourth-order valence-electron chi connectivity index (χ4n) is 4.59. The first kappa shape index (κ1) is 27.1. The summed E-state index contributed by atoms with van der Waals surface area (Å²) in [4.78, 5) is 31.4. The molecule has 0 saturated carbocycles. The molecule has 0 fully saturated rings. The van der Waals surface area contributed by atoms with Crippen LogP contribution in [-0.2, 0) is 26.3 Å². The van der Waals surface area contributed by atoms with Crippen LogP contribution in [0.2, 0.25) is 0 Å². The number of para-hydroxylation sites is 1. The van der Waals surface area contributed by atoms with Crippen molar-refractivity contribution in [2.24, 2.45) is 0 Å². The van der Waals surface area contributed by atoms with Gasteiger partial charge in [0.05, 0.1) is 24.5 Å². The van der Waals surface area contributed by atoms with E-state index in [1.54, 1.807) is 13.3 Å². The number of H-pyrrole nitrogens is 1. The van der Waals surface area contributed by atoms with Crippen LogP contribution in [0, 0.1) is 0 Å². The first-order valence-corrected chi connectivity index (χ1v) is 13.7. The van der Waals surface area contributed by atoms with Crippen LogP contribution < -0.4 is 10.1 Å². The number of benzene rings is 2. The lowest BCUT2D eigenvalue weighted by Crippen LogP contribution is -2.22. The number of nitrogens with zero attached hydrogens (tertiary/aromatic N) is 2. The van der Waals surface area contributed by atoms with Crippen LogP contribution in [0.4, 0.5) is 0 Å². The van der Waals surface area contributed by atoms with Crippen LogP contribution in [0.15, 0.2) is 54.9 Å². The lowest BCUT2D eigenvalue weighted by atomic mass is 9.95. The van der Waals surface area contributed by atoms with Crippen molar-refractivity contribution in [3.8, 4) is 5.75 Å². The molecular formula is C27H30N4O6S. The molecule has 3 N–H and O–H groups in total. The van der Waals surface area contributed by atoms with Gasteiger partial charge in [0, 0.05) is 51.9 Å². The van der Waals surface area contributed by atoms with Gasteiger partial charge >= 0.3 is 0 Å². The molecule has 4 aromatic rings. The zero-order valence-corrected chi connectivity index (χ0v) is 22.4.